The van der Waals surface area contributed by atoms with Gasteiger partial charge in [0.05, 0.1) is 17.8 Å². The number of carbonyl (C=O) groups excluding carboxylic acids is 2. The van der Waals surface area contributed by atoms with Crippen LogP contribution in [0.2, 0.25) is 0 Å². The molecule has 2 aliphatic rings. The molecule has 2 atom stereocenters. The van der Waals surface area contributed by atoms with Gasteiger partial charge in [0.2, 0.25) is 11.8 Å². The first-order chi connectivity index (χ1) is 10.5. The minimum absolute atomic E-state index is 0.0418. The van der Waals surface area contributed by atoms with Gasteiger partial charge in [-0.1, -0.05) is 0 Å². The van der Waals surface area contributed by atoms with E-state index in [0.29, 0.717) is 25.9 Å². The minimum atomic E-state index is -0.0970. The van der Waals surface area contributed by atoms with E-state index in [2.05, 4.69) is 15.5 Å². The topological polar surface area (TPSA) is 87.3 Å². The first-order valence-corrected chi connectivity index (χ1v) is 7.74. The normalized spacial score (nSPS) is 24.8. The zero-order valence-electron chi connectivity index (χ0n) is 13.0. The Kier molecular flexibility index (Phi) is 4.15. The number of aromatic amines is 1. The van der Waals surface area contributed by atoms with Crippen molar-refractivity contribution in [3.8, 4) is 0 Å². The lowest BCUT2D eigenvalue weighted by molar-refractivity contribution is -0.146. The zero-order chi connectivity index (χ0) is 15.7. The van der Waals surface area contributed by atoms with Crippen LogP contribution in [0.15, 0.2) is 0 Å². The molecule has 0 spiro atoms. The fraction of sp³-hybridized carbons (Fsp3) is 0.667. The standard InChI is InChI=1S/C15H22N4O3/c1-9-11(10(2)18-17-9)3-4-15(21)19-6-5-13-12(7-19)16-14(20)8-22-13/h12-13H,3-8H2,1-2H3,(H,16,20)(H,17,18)/t12-,13+/m0/s1. The number of aromatic nitrogens is 2. The van der Waals surface area contributed by atoms with Gasteiger partial charge in [0.25, 0.3) is 0 Å². The van der Waals surface area contributed by atoms with Crippen molar-refractivity contribution in [1.29, 1.82) is 0 Å². The number of nitrogens with zero attached hydrogens (tertiary/aromatic N) is 2. The van der Waals surface area contributed by atoms with Crippen molar-refractivity contribution >= 4 is 11.8 Å². The Hall–Kier alpha value is -1.89. The molecule has 0 aliphatic carbocycles. The number of hydrogen-bond acceptors (Lipinski definition) is 4. The Bertz CT molecular complexity index is 564. The second-order valence-electron chi connectivity index (χ2n) is 6.06. The van der Waals surface area contributed by atoms with Crippen LogP contribution in [0.25, 0.3) is 0 Å². The highest BCUT2D eigenvalue weighted by Gasteiger charge is 2.36. The molecule has 7 heteroatoms. The van der Waals surface area contributed by atoms with Gasteiger partial charge in [-0.15, -0.1) is 0 Å². The second-order valence-corrected chi connectivity index (χ2v) is 6.06. The molecule has 7 nitrogen and oxygen atoms in total. The van der Waals surface area contributed by atoms with Crippen LogP contribution in [0.3, 0.4) is 0 Å². The fourth-order valence-corrected chi connectivity index (χ4v) is 3.26. The summed E-state index contributed by atoms with van der Waals surface area (Å²) in [6, 6.07) is -0.0728. The Morgan fingerprint density at radius 2 is 2.27 bits per heavy atom. The lowest BCUT2D eigenvalue weighted by Gasteiger charge is -2.41. The first kappa shape index (κ1) is 15.0. The summed E-state index contributed by atoms with van der Waals surface area (Å²) < 4.78 is 5.51. The Labute approximate surface area is 129 Å². The molecule has 0 bridgehead atoms. The molecule has 1 aromatic heterocycles. The Morgan fingerprint density at radius 3 is 3.00 bits per heavy atom. The van der Waals surface area contributed by atoms with Crippen molar-refractivity contribution in [3.63, 3.8) is 0 Å². The average Bonchev–Trinajstić information content (AvgIpc) is 2.83. The molecule has 0 saturated carbocycles. The third-order valence-electron chi connectivity index (χ3n) is 4.55. The van der Waals surface area contributed by atoms with E-state index in [1.165, 1.54) is 0 Å². The molecule has 0 aromatic carbocycles. The maximum absolute atomic E-state index is 12.4. The van der Waals surface area contributed by atoms with Gasteiger partial charge < -0.3 is 15.0 Å². The van der Waals surface area contributed by atoms with E-state index in [0.717, 1.165) is 23.4 Å². The number of likely N-dealkylation sites (tertiary alicyclic amines) is 1. The van der Waals surface area contributed by atoms with Crippen LogP contribution in [0.5, 0.6) is 0 Å². The number of fused-ring (bicyclic) bond motifs is 1. The molecule has 3 heterocycles. The summed E-state index contributed by atoms with van der Waals surface area (Å²) in [7, 11) is 0. The van der Waals surface area contributed by atoms with E-state index in [-0.39, 0.29) is 30.6 Å². The molecule has 0 radical (unpaired) electrons. The molecular weight excluding hydrogens is 284 g/mol. The highest BCUT2D eigenvalue weighted by atomic mass is 16.5. The SMILES string of the molecule is Cc1n[nH]c(C)c1CCC(=O)N1CC[C@H]2OCC(=O)N[C@H]2C1. The molecule has 1 aromatic rings. The second kappa shape index (κ2) is 6.08. The largest absolute Gasteiger partial charge is 0.366 e. The predicted octanol–water partition coefficient (Wildman–Crippen LogP) is 0.0750. The Balaban J connectivity index is 1.55. The highest BCUT2D eigenvalue weighted by molar-refractivity contribution is 5.79. The number of carbonyl (C=O) groups is 2. The van der Waals surface area contributed by atoms with Gasteiger partial charge in [-0.2, -0.15) is 5.10 Å². The number of morpholine rings is 1. The quantitative estimate of drug-likeness (QED) is 0.827. The zero-order valence-corrected chi connectivity index (χ0v) is 13.0. The molecule has 0 unspecified atom stereocenters. The molecule has 2 saturated heterocycles. The van der Waals surface area contributed by atoms with Crippen molar-refractivity contribution in [2.24, 2.45) is 0 Å². The summed E-state index contributed by atoms with van der Waals surface area (Å²) in [5, 5.41) is 10.0. The molecular formula is C15H22N4O3. The van der Waals surface area contributed by atoms with E-state index in [1.54, 1.807) is 0 Å². The summed E-state index contributed by atoms with van der Waals surface area (Å²) in [6.45, 7) is 5.29. The maximum atomic E-state index is 12.4. The number of piperidine rings is 1. The van der Waals surface area contributed by atoms with Gasteiger partial charge in [0.15, 0.2) is 0 Å². The van der Waals surface area contributed by atoms with E-state index in [4.69, 9.17) is 4.74 Å². The third kappa shape index (κ3) is 2.99. The van der Waals surface area contributed by atoms with Crippen LogP contribution < -0.4 is 5.32 Å². The van der Waals surface area contributed by atoms with Crippen molar-refractivity contribution in [1.82, 2.24) is 20.4 Å². The van der Waals surface area contributed by atoms with Crippen LogP contribution in [0.1, 0.15) is 29.8 Å². The highest BCUT2D eigenvalue weighted by Crippen LogP contribution is 2.19. The fourth-order valence-electron chi connectivity index (χ4n) is 3.26. The van der Waals surface area contributed by atoms with Crippen LogP contribution in [-0.4, -0.2) is 58.8 Å². The molecule has 2 N–H and O–H groups in total. The average molecular weight is 306 g/mol. The van der Waals surface area contributed by atoms with Gasteiger partial charge in [-0.3, -0.25) is 14.7 Å². The summed E-state index contributed by atoms with van der Waals surface area (Å²) in [5.74, 6) is 0.0264. The van der Waals surface area contributed by atoms with Crippen LogP contribution in [0, 0.1) is 13.8 Å². The molecule has 2 aliphatic heterocycles. The van der Waals surface area contributed by atoms with Crippen LogP contribution >= 0.6 is 0 Å². The summed E-state index contributed by atoms with van der Waals surface area (Å²) >= 11 is 0. The van der Waals surface area contributed by atoms with Crippen molar-refractivity contribution in [3.05, 3.63) is 17.0 Å². The number of hydrogen-bond donors (Lipinski definition) is 2. The molecule has 2 amide bonds. The lowest BCUT2D eigenvalue weighted by Crippen LogP contribution is -2.61. The van der Waals surface area contributed by atoms with Crippen LogP contribution in [0.4, 0.5) is 0 Å². The molecule has 22 heavy (non-hydrogen) atoms. The molecule has 2 fully saturated rings. The number of rotatable bonds is 3. The number of amides is 2. The number of ether oxygens (including phenoxy) is 1. The minimum Gasteiger partial charge on any atom is -0.366 e. The van der Waals surface area contributed by atoms with Gasteiger partial charge in [-0.25, -0.2) is 0 Å². The van der Waals surface area contributed by atoms with E-state index in [9.17, 15) is 9.59 Å². The van der Waals surface area contributed by atoms with Crippen molar-refractivity contribution in [2.45, 2.75) is 45.3 Å². The third-order valence-corrected chi connectivity index (χ3v) is 4.55. The van der Waals surface area contributed by atoms with Gasteiger partial charge in [0.1, 0.15) is 6.61 Å². The number of nitrogens with one attached hydrogen (secondary N) is 2. The van der Waals surface area contributed by atoms with Gasteiger partial charge in [-0.05, 0) is 32.3 Å². The smallest absolute Gasteiger partial charge is 0.246 e. The number of H-pyrrole nitrogens is 1. The Morgan fingerprint density at radius 1 is 1.45 bits per heavy atom. The van der Waals surface area contributed by atoms with Crippen molar-refractivity contribution < 1.29 is 14.3 Å². The van der Waals surface area contributed by atoms with E-state index < -0.39 is 0 Å². The predicted molar refractivity (Wildman–Crippen MR) is 79.3 cm³/mol. The van der Waals surface area contributed by atoms with Crippen LogP contribution in [-0.2, 0) is 20.7 Å². The maximum Gasteiger partial charge on any atom is 0.246 e. The summed E-state index contributed by atoms with van der Waals surface area (Å²) in [6.07, 6.45) is 1.98. The summed E-state index contributed by atoms with van der Waals surface area (Å²) in [4.78, 5) is 25.6. The first-order valence-electron chi connectivity index (χ1n) is 7.74. The van der Waals surface area contributed by atoms with Crippen molar-refractivity contribution in [2.75, 3.05) is 19.7 Å². The molecule has 120 valence electrons. The monoisotopic (exact) mass is 306 g/mol. The van der Waals surface area contributed by atoms with E-state index in [1.807, 2.05) is 18.7 Å². The number of aryl methyl sites for hydroxylation is 2. The molecule has 3 rings (SSSR count). The van der Waals surface area contributed by atoms with Gasteiger partial charge in [0, 0.05) is 25.2 Å². The van der Waals surface area contributed by atoms with Gasteiger partial charge >= 0.3 is 0 Å². The summed E-state index contributed by atoms with van der Waals surface area (Å²) in [5.41, 5.74) is 3.10. The van der Waals surface area contributed by atoms with E-state index >= 15 is 0 Å². The lowest BCUT2D eigenvalue weighted by atomic mass is 9.99.